The van der Waals surface area contributed by atoms with E-state index in [0.29, 0.717) is 10.2 Å². The Morgan fingerprint density at radius 1 is 1.44 bits per heavy atom. The summed E-state index contributed by atoms with van der Waals surface area (Å²) in [5.74, 6) is 5.49. The highest BCUT2D eigenvalue weighted by Crippen LogP contribution is 2.29. The summed E-state index contributed by atoms with van der Waals surface area (Å²) in [5, 5.41) is 2.32. The average molecular weight is 277 g/mol. The van der Waals surface area contributed by atoms with Gasteiger partial charge in [0.1, 0.15) is 17.2 Å². The van der Waals surface area contributed by atoms with Gasteiger partial charge in [0.2, 0.25) is 5.95 Å². The van der Waals surface area contributed by atoms with Gasteiger partial charge in [0, 0.05) is 7.05 Å². The lowest BCUT2D eigenvalue weighted by atomic mass is 10.3. The number of alkyl halides is 3. The first-order chi connectivity index (χ1) is 8.40. The van der Waals surface area contributed by atoms with Crippen LogP contribution in [0.15, 0.2) is 11.4 Å². The van der Waals surface area contributed by atoms with Crippen LogP contribution >= 0.6 is 11.3 Å². The fourth-order valence-corrected chi connectivity index (χ4v) is 2.30. The number of hydrazine groups is 1. The van der Waals surface area contributed by atoms with E-state index in [0.717, 1.165) is 4.90 Å². The van der Waals surface area contributed by atoms with Crippen molar-refractivity contribution in [3.05, 3.63) is 11.4 Å². The molecule has 0 spiro atoms. The topological polar surface area (TPSA) is 67.1 Å². The lowest BCUT2D eigenvalue weighted by Crippen LogP contribution is -2.31. The van der Waals surface area contributed by atoms with E-state index >= 15 is 0 Å². The molecule has 0 saturated carbocycles. The second kappa shape index (κ2) is 4.58. The third-order valence-corrected chi connectivity index (χ3v) is 3.02. The molecule has 5 nitrogen and oxygen atoms in total. The number of halogens is 3. The molecule has 0 aliphatic heterocycles. The van der Waals surface area contributed by atoms with Crippen molar-refractivity contribution in [1.82, 2.24) is 9.97 Å². The second-order valence-corrected chi connectivity index (χ2v) is 4.52. The molecule has 2 aromatic rings. The molecule has 0 atom stereocenters. The number of hydrogen-bond donors (Lipinski definition) is 2. The first-order valence-corrected chi connectivity index (χ1v) is 5.78. The SMILES string of the molecule is CN(CC(F)(F)F)c1nc(NN)nc2sccc12. The molecule has 98 valence electrons. The highest BCUT2D eigenvalue weighted by molar-refractivity contribution is 7.16. The van der Waals surface area contributed by atoms with Crippen LogP contribution in [0.3, 0.4) is 0 Å². The highest BCUT2D eigenvalue weighted by atomic mass is 32.1. The Labute approximate surface area is 104 Å². The van der Waals surface area contributed by atoms with E-state index in [1.165, 1.54) is 18.4 Å². The molecule has 3 N–H and O–H groups in total. The molecule has 0 fully saturated rings. The number of nitrogens with one attached hydrogen (secondary N) is 1. The van der Waals surface area contributed by atoms with Crippen LogP contribution in [0.2, 0.25) is 0 Å². The molecule has 0 saturated heterocycles. The first-order valence-electron chi connectivity index (χ1n) is 4.90. The van der Waals surface area contributed by atoms with Crippen LogP contribution < -0.4 is 16.2 Å². The Kier molecular flexibility index (Phi) is 3.26. The highest BCUT2D eigenvalue weighted by Gasteiger charge is 2.30. The largest absolute Gasteiger partial charge is 0.405 e. The monoisotopic (exact) mass is 277 g/mol. The normalized spacial score (nSPS) is 11.8. The van der Waals surface area contributed by atoms with Crippen molar-refractivity contribution in [3.63, 3.8) is 0 Å². The Morgan fingerprint density at radius 2 is 2.17 bits per heavy atom. The molecule has 0 aromatic carbocycles. The Hall–Kier alpha value is -1.61. The molecular weight excluding hydrogens is 267 g/mol. The number of thiophene rings is 1. The van der Waals surface area contributed by atoms with Crippen molar-refractivity contribution >= 4 is 33.3 Å². The predicted molar refractivity (Wildman–Crippen MR) is 64.6 cm³/mol. The predicted octanol–water partition coefficient (Wildman–Crippen LogP) is 1.98. The molecule has 0 bridgehead atoms. The van der Waals surface area contributed by atoms with Crippen molar-refractivity contribution in [2.45, 2.75) is 6.18 Å². The molecular formula is C9H10F3N5S. The molecule has 0 radical (unpaired) electrons. The van der Waals surface area contributed by atoms with E-state index in [2.05, 4.69) is 15.4 Å². The van der Waals surface area contributed by atoms with Gasteiger partial charge in [0.25, 0.3) is 0 Å². The maximum Gasteiger partial charge on any atom is 0.405 e. The van der Waals surface area contributed by atoms with Crippen LogP contribution in [-0.2, 0) is 0 Å². The van der Waals surface area contributed by atoms with E-state index < -0.39 is 12.7 Å². The van der Waals surface area contributed by atoms with Gasteiger partial charge in [-0.15, -0.1) is 11.3 Å². The summed E-state index contributed by atoms with van der Waals surface area (Å²) in [7, 11) is 1.33. The maximum absolute atomic E-state index is 12.4. The standard InChI is InChI=1S/C9H10F3N5S/c1-17(4-9(10,11)12)6-5-2-3-18-7(5)15-8(14-6)16-13/h2-3H,4,13H2,1H3,(H,14,15,16). The molecule has 2 heterocycles. The summed E-state index contributed by atoms with van der Waals surface area (Å²) in [5.41, 5.74) is 2.24. The van der Waals surface area contributed by atoms with Crippen molar-refractivity contribution < 1.29 is 13.2 Å². The number of anilines is 2. The summed E-state index contributed by atoms with van der Waals surface area (Å²) in [4.78, 5) is 9.63. The maximum atomic E-state index is 12.4. The van der Waals surface area contributed by atoms with Gasteiger partial charge >= 0.3 is 6.18 Å². The summed E-state index contributed by atoms with van der Waals surface area (Å²) in [6, 6.07) is 1.68. The zero-order chi connectivity index (χ0) is 13.3. The summed E-state index contributed by atoms with van der Waals surface area (Å²) >= 11 is 1.31. The first kappa shape index (κ1) is 12.8. The van der Waals surface area contributed by atoms with Gasteiger partial charge in [-0.2, -0.15) is 18.2 Å². The minimum Gasteiger partial charge on any atom is -0.350 e. The number of aromatic nitrogens is 2. The zero-order valence-corrected chi connectivity index (χ0v) is 10.1. The smallest absolute Gasteiger partial charge is 0.350 e. The van der Waals surface area contributed by atoms with Gasteiger partial charge in [-0.3, -0.25) is 5.43 Å². The van der Waals surface area contributed by atoms with E-state index in [1.807, 2.05) is 0 Å². The Balaban J connectivity index is 2.45. The molecule has 9 heteroatoms. The number of nitrogens with two attached hydrogens (primary N) is 1. The number of fused-ring (bicyclic) bond motifs is 1. The summed E-state index contributed by atoms with van der Waals surface area (Å²) in [6.07, 6.45) is -4.29. The lowest BCUT2D eigenvalue weighted by Gasteiger charge is -2.20. The van der Waals surface area contributed by atoms with E-state index in [-0.39, 0.29) is 11.8 Å². The van der Waals surface area contributed by atoms with Crippen LogP contribution in [0.25, 0.3) is 10.2 Å². The molecule has 2 aromatic heterocycles. The van der Waals surface area contributed by atoms with Crippen molar-refractivity contribution in [2.24, 2.45) is 5.84 Å². The zero-order valence-electron chi connectivity index (χ0n) is 9.32. The Bertz CT molecular complexity index is 553. The molecule has 0 unspecified atom stereocenters. The summed E-state index contributed by atoms with van der Waals surface area (Å²) < 4.78 is 37.1. The number of nitrogens with zero attached hydrogens (tertiary/aromatic N) is 3. The fourth-order valence-electron chi connectivity index (χ4n) is 1.54. The quantitative estimate of drug-likeness (QED) is 0.663. The molecule has 2 rings (SSSR count). The second-order valence-electron chi connectivity index (χ2n) is 3.63. The van der Waals surface area contributed by atoms with E-state index in [9.17, 15) is 13.2 Å². The third-order valence-electron chi connectivity index (χ3n) is 2.21. The van der Waals surface area contributed by atoms with Crippen LogP contribution in [0.4, 0.5) is 24.9 Å². The van der Waals surface area contributed by atoms with Gasteiger partial charge in [0.05, 0.1) is 5.39 Å². The average Bonchev–Trinajstić information content (AvgIpc) is 2.72. The van der Waals surface area contributed by atoms with Crippen molar-refractivity contribution in [2.75, 3.05) is 23.9 Å². The van der Waals surface area contributed by atoms with Crippen LogP contribution in [0, 0.1) is 0 Å². The molecule has 18 heavy (non-hydrogen) atoms. The molecule has 0 aliphatic carbocycles. The van der Waals surface area contributed by atoms with E-state index in [1.54, 1.807) is 11.4 Å². The lowest BCUT2D eigenvalue weighted by molar-refractivity contribution is -0.119. The van der Waals surface area contributed by atoms with Gasteiger partial charge in [0.15, 0.2) is 0 Å². The molecule has 0 aliphatic rings. The minimum atomic E-state index is -4.29. The third kappa shape index (κ3) is 2.62. The molecule has 0 amide bonds. The minimum absolute atomic E-state index is 0.0916. The van der Waals surface area contributed by atoms with Crippen LogP contribution in [-0.4, -0.2) is 29.7 Å². The van der Waals surface area contributed by atoms with Gasteiger partial charge in [-0.05, 0) is 11.4 Å². The van der Waals surface area contributed by atoms with Gasteiger partial charge in [-0.25, -0.2) is 10.8 Å². The van der Waals surface area contributed by atoms with Crippen molar-refractivity contribution in [3.8, 4) is 0 Å². The summed E-state index contributed by atoms with van der Waals surface area (Å²) in [6.45, 7) is -1.08. The van der Waals surface area contributed by atoms with Crippen molar-refractivity contribution in [1.29, 1.82) is 0 Å². The Morgan fingerprint density at radius 3 is 2.78 bits per heavy atom. The van der Waals surface area contributed by atoms with Crippen LogP contribution in [0.1, 0.15) is 0 Å². The van der Waals surface area contributed by atoms with E-state index in [4.69, 9.17) is 5.84 Å². The number of nitrogen functional groups attached to an aromatic ring is 1. The van der Waals surface area contributed by atoms with Crippen LogP contribution in [0.5, 0.6) is 0 Å². The van der Waals surface area contributed by atoms with Gasteiger partial charge < -0.3 is 4.90 Å². The fraction of sp³-hybridized carbons (Fsp3) is 0.333. The number of hydrogen-bond acceptors (Lipinski definition) is 6. The van der Waals surface area contributed by atoms with Gasteiger partial charge in [-0.1, -0.05) is 0 Å². The number of rotatable bonds is 3.